The van der Waals surface area contributed by atoms with E-state index < -0.39 is 0 Å². The number of carbonyl (C=O) groups is 1. The SMILES string of the molecule is CCC(Oc1ccc2ccccc2c1)C(=O)N1CCCC1. The van der Waals surface area contributed by atoms with E-state index in [1.165, 1.54) is 5.39 Å². The van der Waals surface area contributed by atoms with E-state index in [-0.39, 0.29) is 12.0 Å². The van der Waals surface area contributed by atoms with Gasteiger partial charge in [-0.15, -0.1) is 0 Å². The monoisotopic (exact) mass is 283 g/mol. The number of ether oxygens (including phenoxy) is 1. The molecule has 0 aromatic heterocycles. The van der Waals surface area contributed by atoms with E-state index in [9.17, 15) is 4.79 Å². The van der Waals surface area contributed by atoms with Gasteiger partial charge in [-0.25, -0.2) is 0 Å². The van der Waals surface area contributed by atoms with Gasteiger partial charge >= 0.3 is 0 Å². The van der Waals surface area contributed by atoms with Crippen LogP contribution in [-0.2, 0) is 4.79 Å². The molecule has 3 nitrogen and oxygen atoms in total. The van der Waals surface area contributed by atoms with Crippen LogP contribution in [0.3, 0.4) is 0 Å². The second-order valence-corrected chi connectivity index (χ2v) is 5.56. The van der Waals surface area contributed by atoms with Crippen molar-refractivity contribution in [2.75, 3.05) is 13.1 Å². The molecule has 1 heterocycles. The molecule has 0 bridgehead atoms. The van der Waals surface area contributed by atoms with E-state index >= 15 is 0 Å². The fraction of sp³-hybridized carbons (Fsp3) is 0.389. The van der Waals surface area contributed by atoms with Crippen LogP contribution in [0.15, 0.2) is 42.5 Å². The van der Waals surface area contributed by atoms with Crippen molar-refractivity contribution in [3.63, 3.8) is 0 Å². The van der Waals surface area contributed by atoms with Crippen LogP contribution < -0.4 is 4.74 Å². The van der Waals surface area contributed by atoms with Crippen LogP contribution in [0, 0.1) is 0 Å². The fourth-order valence-electron chi connectivity index (χ4n) is 2.85. The zero-order valence-corrected chi connectivity index (χ0v) is 12.4. The van der Waals surface area contributed by atoms with Crippen molar-refractivity contribution in [1.29, 1.82) is 0 Å². The lowest BCUT2D eigenvalue weighted by atomic mass is 10.1. The van der Waals surface area contributed by atoms with Crippen LogP contribution in [0.5, 0.6) is 5.75 Å². The van der Waals surface area contributed by atoms with Crippen molar-refractivity contribution in [3.8, 4) is 5.75 Å². The number of benzene rings is 2. The Kier molecular flexibility index (Phi) is 4.09. The smallest absolute Gasteiger partial charge is 0.263 e. The molecular formula is C18H21NO2. The number of hydrogen-bond acceptors (Lipinski definition) is 2. The lowest BCUT2D eigenvalue weighted by molar-refractivity contribution is -0.137. The third-order valence-corrected chi connectivity index (χ3v) is 4.06. The zero-order chi connectivity index (χ0) is 14.7. The predicted molar refractivity (Wildman–Crippen MR) is 84.5 cm³/mol. The Labute approximate surface area is 125 Å². The van der Waals surface area contributed by atoms with Crippen LogP contribution in [0.25, 0.3) is 10.8 Å². The molecule has 1 atom stereocenters. The second-order valence-electron chi connectivity index (χ2n) is 5.56. The summed E-state index contributed by atoms with van der Waals surface area (Å²) in [5.41, 5.74) is 0. The Bertz CT molecular complexity index is 632. The first kappa shape index (κ1) is 13.9. The van der Waals surface area contributed by atoms with Crippen LogP contribution in [0.1, 0.15) is 26.2 Å². The molecule has 1 aliphatic rings. The van der Waals surface area contributed by atoms with Gasteiger partial charge in [0.1, 0.15) is 5.75 Å². The van der Waals surface area contributed by atoms with E-state index in [0.717, 1.165) is 37.1 Å². The van der Waals surface area contributed by atoms with Crippen LogP contribution >= 0.6 is 0 Å². The normalized spacial score (nSPS) is 16.1. The van der Waals surface area contributed by atoms with Gasteiger partial charge in [0.15, 0.2) is 6.10 Å². The number of nitrogens with zero attached hydrogens (tertiary/aromatic N) is 1. The van der Waals surface area contributed by atoms with Gasteiger partial charge in [-0.3, -0.25) is 4.79 Å². The van der Waals surface area contributed by atoms with Crippen molar-refractivity contribution in [1.82, 2.24) is 4.90 Å². The minimum Gasteiger partial charge on any atom is -0.481 e. The molecule has 21 heavy (non-hydrogen) atoms. The van der Waals surface area contributed by atoms with E-state index in [2.05, 4.69) is 12.1 Å². The average molecular weight is 283 g/mol. The third kappa shape index (κ3) is 3.02. The summed E-state index contributed by atoms with van der Waals surface area (Å²) in [6.45, 7) is 3.74. The van der Waals surface area contributed by atoms with Crippen molar-refractivity contribution in [2.24, 2.45) is 0 Å². The number of rotatable bonds is 4. The number of likely N-dealkylation sites (tertiary alicyclic amines) is 1. The zero-order valence-electron chi connectivity index (χ0n) is 12.4. The topological polar surface area (TPSA) is 29.5 Å². The Morgan fingerprint density at radius 3 is 2.57 bits per heavy atom. The lowest BCUT2D eigenvalue weighted by Gasteiger charge is -2.23. The highest BCUT2D eigenvalue weighted by molar-refractivity contribution is 5.84. The molecule has 2 aromatic carbocycles. The molecule has 1 fully saturated rings. The minimum atomic E-state index is -0.371. The summed E-state index contributed by atoms with van der Waals surface area (Å²) in [6.07, 6.45) is 2.54. The molecule has 0 saturated carbocycles. The summed E-state index contributed by atoms with van der Waals surface area (Å²) < 4.78 is 5.95. The Morgan fingerprint density at radius 2 is 1.86 bits per heavy atom. The summed E-state index contributed by atoms with van der Waals surface area (Å²) >= 11 is 0. The minimum absolute atomic E-state index is 0.128. The summed E-state index contributed by atoms with van der Waals surface area (Å²) in [7, 11) is 0. The number of fused-ring (bicyclic) bond motifs is 1. The summed E-state index contributed by atoms with van der Waals surface area (Å²) in [4.78, 5) is 14.4. The summed E-state index contributed by atoms with van der Waals surface area (Å²) in [5, 5.41) is 2.32. The molecule has 1 unspecified atom stereocenters. The molecule has 1 amide bonds. The van der Waals surface area contributed by atoms with Gasteiger partial charge in [0, 0.05) is 13.1 Å². The van der Waals surface area contributed by atoms with Gasteiger partial charge in [0.05, 0.1) is 0 Å². The maximum absolute atomic E-state index is 12.4. The van der Waals surface area contributed by atoms with Gasteiger partial charge in [-0.1, -0.05) is 37.3 Å². The number of hydrogen-bond donors (Lipinski definition) is 0. The molecular weight excluding hydrogens is 262 g/mol. The summed E-state index contributed by atoms with van der Waals surface area (Å²) in [5.74, 6) is 0.899. The van der Waals surface area contributed by atoms with Crippen molar-refractivity contribution in [3.05, 3.63) is 42.5 Å². The van der Waals surface area contributed by atoms with Crippen LogP contribution in [0.2, 0.25) is 0 Å². The van der Waals surface area contributed by atoms with E-state index in [0.29, 0.717) is 6.42 Å². The van der Waals surface area contributed by atoms with Gasteiger partial charge in [0.2, 0.25) is 0 Å². The van der Waals surface area contributed by atoms with Gasteiger partial charge in [-0.05, 0) is 42.2 Å². The standard InChI is InChI=1S/C18H21NO2/c1-2-17(18(20)19-11-5-6-12-19)21-16-10-9-14-7-3-4-8-15(14)13-16/h3-4,7-10,13,17H,2,5-6,11-12H2,1H3. The van der Waals surface area contributed by atoms with Crippen molar-refractivity contribution < 1.29 is 9.53 Å². The molecule has 3 heteroatoms. The van der Waals surface area contributed by atoms with Gasteiger partial charge in [-0.2, -0.15) is 0 Å². The Balaban J connectivity index is 1.76. The fourth-order valence-corrected chi connectivity index (χ4v) is 2.85. The molecule has 2 aromatic rings. The second kappa shape index (κ2) is 6.17. The highest BCUT2D eigenvalue weighted by atomic mass is 16.5. The first-order chi connectivity index (χ1) is 10.3. The Hall–Kier alpha value is -2.03. The maximum atomic E-state index is 12.4. The predicted octanol–water partition coefficient (Wildman–Crippen LogP) is 3.62. The highest BCUT2D eigenvalue weighted by Gasteiger charge is 2.26. The lowest BCUT2D eigenvalue weighted by Crippen LogP contribution is -2.40. The number of amides is 1. The van der Waals surface area contributed by atoms with E-state index in [4.69, 9.17) is 4.74 Å². The van der Waals surface area contributed by atoms with E-state index in [1.54, 1.807) is 0 Å². The van der Waals surface area contributed by atoms with Gasteiger partial charge < -0.3 is 9.64 Å². The molecule has 0 aliphatic carbocycles. The quantitative estimate of drug-likeness (QED) is 0.857. The van der Waals surface area contributed by atoms with Crippen LogP contribution in [-0.4, -0.2) is 30.0 Å². The van der Waals surface area contributed by atoms with Crippen LogP contribution in [0.4, 0.5) is 0 Å². The molecule has 1 saturated heterocycles. The third-order valence-electron chi connectivity index (χ3n) is 4.06. The first-order valence-electron chi connectivity index (χ1n) is 7.72. The first-order valence-corrected chi connectivity index (χ1v) is 7.72. The maximum Gasteiger partial charge on any atom is 0.263 e. The largest absolute Gasteiger partial charge is 0.481 e. The number of carbonyl (C=O) groups excluding carboxylic acids is 1. The molecule has 3 rings (SSSR count). The molecule has 0 N–H and O–H groups in total. The molecule has 0 spiro atoms. The Morgan fingerprint density at radius 1 is 1.14 bits per heavy atom. The summed E-state index contributed by atoms with van der Waals surface area (Å²) in [6, 6.07) is 14.2. The molecule has 0 radical (unpaired) electrons. The molecule has 1 aliphatic heterocycles. The van der Waals surface area contributed by atoms with Crippen molar-refractivity contribution in [2.45, 2.75) is 32.3 Å². The van der Waals surface area contributed by atoms with Crippen molar-refractivity contribution >= 4 is 16.7 Å². The molecule has 110 valence electrons. The average Bonchev–Trinajstić information content (AvgIpc) is 3.06. The van der Waals surface area contributed by atoms with E-state index in [1.807, 2.05) is 42.2 Å². The highest BCUT2D eigenvalue weighted by Crippen LogP contribution is 2.23. The van der Waals surface area contributed by atoms with Gasteiger partial charge in [0.25, 0.3) is 5.91 Å².